The van der Waals surface area contributed by atoms with Crippen molar-refractivity contribution < 1.29 is 9.53 Å². The molecule has 3 rings (SSSR count). The second-order valence-corrected chi connectivity index (χ2v) is 4.21. The van der Waals surface area contributed by atoms with Crippen LogP contribution in [0.1, 0.15) is 17.0 Å². The molecule has 0 fully saturated rings. The normalized spacial score (nSPS) is 17.8. The highest BCUT2D eigenvalue weighted by Crippen LogP contribution is 2.35. The molecule has 88 valence electrons. The fourth-order valence-electron chi connectivity index (χ4n) is 2.08. The third-order valence-electron chi connectivity index (χ3n) is 3.00. The van der Waals surface area contributed by atoms with Gasteiger partial charge in [-0.25, -0.2) is 0 Å². The minimum absolute atomic E-state index is 0.205. The van der Waals surface area contributed by atoms with Crippen LogP contribution in [0.5, 0.6) is 5.75 Å². The number of fused-ring (bicyclic) bond motifs is 1. The molecular weight excluding hydrogens is 224 g/mol. The summed E-state index contributed by atoms with van der Waals surface area (Å²) in [5, 5.41) is 0. The van der Waals surface area contributed by atoms with E-state index in [9.17, 15) is 4.79 Å². The summed E-state index contributed by atoms with van der Waals surface area (Å²) in [5.74, 6) is 0.176. The third kappa shape index (κ3) is 1.93. The summed E-state index contributed by atoms with van der Waals surface area (Å²) in [7, 11) is 0. The van der Waals surface area contributed by atoms with E-state index in [-0.39, 0.29) is 11.9 Å². The van der Waals surface area contributed by atoms with Gasteiger partial charge in [-0.05, 0) is 11.6 Å². The van der Waals surface area contributed by atoms with Gasteiger partial charge in [-0.2, -0.15) is 0 Å². The minimum Gasteiger partial charge on any atom is -0.426 e. The zero-order valence-corrected chi connectivity index (χ0v) is 9.74. The summed E-state index contributed by atoms with van der Waals surface area (Å²) >= 11 is 0. The fraction of sp³-hybridized carbons (Fsp3) is 0.0625. The second kappa shape index (κ2) is 4.49. The number of esters is 1. The zero-order valence-electron chi connectivity index (χ0n) is 9.74. The molecule has 2 heteroatoms. The molecule has 0 N–H and O–H groups in total. The van der Waals surface area contributed by atoms with Crippen LogP contribution in [-0.4, -0.2) is 5.97 Å². The van der Waals surface area contributed by atoms with Crippen LogP contribution < -0.4 is 4.74 Å². The van der Waals surface area contributed by atoms with Gasteiger partial charge in [0.15, 0.2) is 0 Å². The number of hydrogen-bond acceptors (Lipinski definition) is 2. The van der Waals surface area contributed by atoms with E-state index < -0.39 is 0 Å². The first-order valence-corrected chi connectivity index (χ1v) is 5.88. The smallest absolute Gasteiger partial charge is 0.322 e. The van der Waals surface area contributed by atoms with Crippen molar-refractivity contribution in [3.8, 4) is 5.75 Å². The van der Waals surface area contributed by atoms with Crippen LogP contribution in [0.2, 0.25) is 0 Å². The Bertz CT molecular complexity index is 600. The molecule has 0 amide bonds. The number of carbonyl (C=O) groups is 1. The first-order chi connectivity index (χ1) is 8.84. The van der Waals surface area contributed by atoms with Gasteiger partial charge in [0.1, 0.15) is 11.7 Å². The minimum atomic E-state index is -0.290. The topological polar surface area (TPSA) is 26.3 Å². The molecule has 1 aliphatic rings. The highest BCUT2D eigenvalue weighted by atomic mass is 16.5. The molecule has 0 spiro atoms. The fourth-order valence-corrected chi connectivity index (χ4v) is 2.08. The van der Waals surface area contributed by atoms with Crippen molar-refractivity contribution >= 4 is 12.0 Å². The van der Waals surface area contributed by atoms with Crippen LogP contribution >= 0.6 is 0 Å². The standard InChI is InChI=1S/C16H12O2/c17-16-14(11-10-12-6-2-1-3-7-12)13-8-4-5-9-15(13)18-16/h1-11,14H. The van der Waals surface area contributed by atoms with Gasteiger partial charge in [0.05, 0.1) is 0 Å². The highest BCUT2D eigenvalue weighted by molar-refractivity contribution is 5.88. The Labute approximate surface area is 106 Å². The van der Waals surface area contributed by atoms with Crippen LogP contribution in [0.4, 0.5) is 0 Å². The molecule has 1 heterocycles. The first-order valence-electron chi connectivity index (χ1n) is 5.88. The van der Waals surface area contributed by atoms with Crippen LogP contribution in [0.15, 0.2) is 60.7 Å². The van der Waals surface area contributed by atoms with Crippen LogP contribution in [0, 0.1) is 0 Å². The summed E-state index contributed by atoms with van der Waals surface area (Å²) < 4.78 is 5.22. The van der Waals surface area contributed by atoms with Gasteiger partial charge in [0.2, 0.25) is 0 Å². The van der Waals surface area contributed by atoms with E-state index in [0.717, 1.165) is 11.1 Å². The number of carbonyl (C=O) groups excluding carboxylic acids is 1. The molecular formula is C16H12O2. The number of hydrogen-bond donors (Lipinski definition) is 0. The lowest BCUT2D eigenvalue weighted by Crippen LogP contribution is -2.07. The molecule has 0 radical (unpaired) electrons. The summed E-state index contributed by atoms with van der Waals surface area (Å²) in [6, 6.07) is 17.5. The van der Waals surface area contributed by atoms with Crippen molar-refractivity contribution in [2.75, 3.05) is 0 Å². The molecule has 0 bridgehead atoms. The largest absolute Gasteiger partial charge is 0.426 e. The van der Waals surface area contributed by atoms with E-state index in [1.165, 1.54) is 0 Å². The predicted molar refractivity (Wildman–Crippen MR) is 70.3 cm³/mol. The first kappa shape index (κ1) is 10.8. The van der Waals surface area contributed by atoms with E-state index in [1.54, 1.807) is 0 Å². The van der Waals surface area contributed by atoms with Gasteiger partial charge in [-0.1, -0.05) is 60.7 Å². The van der Waals surface area contributed by atoms with Gasteiger partial charge in [-0.15, -0.1) is 0 Å². The van der Waals surface area contributed by atoms with E-state index in [0.29, 0.717) is 5.75 Å². The molecule has 2 aromatic rings. The van der Waals surface area contributed by atoms with Gasteiger partial charge >= 0.3 is 5.97 Å². The third-order valence-corrected chi connectivity index (χ3v) is 3.00. The summed E-state index contributed by atoms with van der Waals surface area (Å²) in [5.41, 5.74) is 2.02. The van der Waals surface area contributed by atoms with Gasteiger partial charge in [0.25, 0.3) is 0 Å². The number of benzene rings is 2. The van der Waals surface area contributed by atoms with Crippen LogP contribution in [-0.2, 0) is 4.79 Å². The number of para-hydroxylation sites is 1. The van der Waals surface area contributed by atoms with Crippen molar-refractivity contribution in [3.05, 3.63) is 71.8 Å². The Hall–Kier alpha value is -2.35. The molecule has 1 atom stereocenters. The Morgan fingerprint density at radius 2 is 1.67 bits per heavy atom. The molecule has 2 nitrogen and oxygen atoms in total. The van der Waals surface area contributed by atoms with E-state index >= 15 is 0 Å². The summed E-state index contributed by atoms with van der Waals surface area (Å²) in [6.07, 6.45) is 3.84. The summed E-state index contributed by atoms with van der Waals surface area (Å²) in [6.45, 7) is 0. The molecule has 0 saturated heterocycles. The lowest BCUT2D eigenvalue weighted by Gasteiger charge is -1.99. The van der Waals surface area contributed by atoms with Gasteiger partial charge < -0.3 is 4.74 Å². The highest BCUT2D eigenvalue weighted by Gasteiger charge is 2.30. The molecule has 0 saturated carbocycles. The van der Waals surface area contributed by atoms with Crippen LogP contribution in [0.3, 0.4) is 0 Å². The average molecular weight is 236 g/mol. The summed E-state index contributed by atoms with van der Waals surface area (Å²) in [4.78, 5) is 11.8. The van der Waals surface area contributed by atoms with Crippen molar-refractivity contribution in [1.82, 2.24) is 0 Å². The maximum Gasteiger partial charge on any atom is 0.322 e. The Morgan fingerprint density at radius 3 is 2.50 bits per heavy atom. The Balaban J connectivity index is 1.90. The van der Waals surface area contributed by atoms with Crippen molar-refractivity contribution in [2.45, 2.75) is 5.92 Å². The van der Waals surface area contributed by atoms with Crippen LogP contribution in [0.25, 0.3) is 6.08 Å². The van der Waals surface area contributed by atoms with E-state index in [2.05, 4.69) is 0 Å². The monoisotopic (exact) mass is 236 g/mol. The molecule has 0 aromatic heterocycles. The van der Waals surface area contributed by atoms with E-state index in [1.807, 2.05) is 66.7 Å². The quantitative estimate of drug-likeness (QED) is 0.590. The van der Waals surface area contributed by atoms with Gasteiger partial charge in [-0.3, -0.25) is 4.79 Å². The van der Waals surface area contributed by atoms with Crippen molar-refractivity contribution in [1.29, 1.82) is 0 Å². The Kier molecular flexibility index (Phi) is 2.69. The molecule has 1 unspecified atom stereocenters. The lowest BCUT2D eigenvalue weighted by atomic mass is 9.99. The van der Waals surface area contributed by atoms with E-state index in [4.69, 9.17) is 4.74 Å². The average Bonchev–Trinajstić information content (AvgIpc) is 2.73. The maximum absolute atomic E-state index is 11.8. The van der Waals surface area contributed by atoms with Gasteiger partial charge in [0, 0.05) is 5.56 Å². The molecule has 2 aromatic carbocycles. The SMILES string of the molecule is O=C1Oc2ccccc2C1C=Cc1ccccc1. The number of ether oxygens (including phenoxy) is 1. The van der Waals surface area contributed by atoms with Crippen molar-refractivity contribution in [3.63, 3.8) is 0 Å². The zero-order chi connectivity index (χ0) is 12.4. The molecule has 1 aliphatic heterocycles. The van der Waals surface area contributed by atoms with Crippen molar-refractivity contribution in [2.24, 2.45) is 0 Å². The second-order valence-electron chi connectivity index (χ2n) is 4.21. The predicted octanol–water partition coefficient (Wildman–Crippen LogP) is 3.40. The molecule has 18 heavy (non-hydrogen) atoms. The number of rotatable bonds is 2. The molecule has 0 aliphatic carbocycles. The maximum atomic E-state index is 11.8. The Morgan fingerprint density at radius 1 is 0.944 bits per heavy atom. The lowest BCUT2D eigenvalue weighted by molar-refractivity contribution is -0.133.